The van der Waals surface area contributed by atoms with E-state index in [0.717, 1.165) is 38.0 Å². The Kier molecular flexibility index (Phi) is 4.55. The van der Waals surface area contributed by atoms with E-state index < -0.39 is 0 Å². The molecule has 110 valence electrons. The monoisotopic (exact) mass is 312 g/mol. The second-order valence-electron chi connectivity index (χ2n) is 5.82. The predicted octanol–water partition coefficient (Wildman–Crippen LogP) is 3.43. The topological polar surface area (TPSA) is 48.1 Å². The van der Waals surface area contributed by atoms with Gasteiger partial charge in [0, 0.05) is 12.8 Å². The SMILES string of the molecule is NC(c1ccc(Cl)cn1)C1CCOC2(CCSCC2)C1. The average Bonchev–Trinajstić information content (AvgIpc) is 2.48. The number of hydrogen-bond acceptors (Lipinski definition) is 4. The minimum atomic E-state index is -0.0115. The molecule has 0 saturated carbocycles. The van der Waals surface area contributed by atoms with Gasteiger partial charge in [0.2, 0.25) is 0 Å². The van der Waals surface area contributed by atoms with Crippen molar-refractivity contribution >= 4 is 23.4 Å². The molecule has 2 aliphatic heterocycles. The molecule has 2 N–H and O–H groups in total. The van der Waals surface area contributed by atoms with E-state index in [1.807, 2.05) is 23.9 Å². The first-order chi connectivity index (χ1) is 9.69. The van der Waals surface area contributed by atoms with Crippen LogP contribution in [0.4, 0.5) is 0 Å². The first-order valence-corrected chi connectivity index (χ1v) is 8.81. The lowest BCUT2D eigenvalue weighted by Crippen LogP contribution is -2.45. The van der Waals surface area contributed by atoms with Crippen LogP contribution >= 0.6 is 23.4 Å². The number of aromatic nitrogens is 1. The van der Waals surface area contributed by atoms with Crippen LogP contribution in [0.1, 0.15) is 37.4 Å². The van der Waals surface area contributed by atoms with Crippen LogP contribution in [-0.2, 0) is 4.74 Å². The van der Waals surface area contributed by atoms with Crippen LogP contribution in [0.3, 0.4) is 0 Å². The number of halogens is 1. The van der Waals surface area contributed by atoms with Gasteiger partial charge in [-0.05, 0) is 55.2 Å². The zero-order chi connectivity index (χ0) is 14.0. The van der Waals surface area contributed by atoms with Crippen molar-refractivity contribution in [3.8, 4) is 0 Å². The summed E-state index contributed by atoms with van der Waals surface area (Å²) in [6.07, 6.45) is 6.10. The second kappa shape index (κ2) is 6.22. The fraction of sp³-hybridized carbons (Fsp3) is 0.667. The molecule has 20 heavy (non-hydrogen) atoms. The van der Waals surface area contributed by atoms with E-state index in [0.29, 0.717) is 10.9 Å². The summed E-state index contributed by atoms with van der Waals surface area (Å²) < 4.78 is 6.13. The van der Waals surface area contributed by atoms with Crippen LogP contribution in [-0.4, -0.2) is 28.7 Å². The Balaban J connectivity index is 1.71. The van der Waals surface area contributed by atoms with Crippen molar-refractivity contribution in [1.29, 1.82) is 0 Å². The summed E-state index contributed by atoms with van der Waals surface area (Å²) in [6.45, 7) is 0.830. The lowest BCUT2D eigenvalue weighted by Gasteiger charge is -2.44. The number of pyridine rings is 1. The van der Waals surface area contributed by atoms with Crippen molar-refractivity contribution in [3.63, 3.8) is 0 Å². The minimum absolute atomic E-state index is 0.0115. The van der Waals surface area contributed by atoms with E-state index in [1.54, 1.807) is 6.20 Å². The molecule has 2 unspecified atom stereocenters. The smallest absolute Gasteiger partial charge is 0.0701 e. The second-order valence-corrected chi connectivity index (χ2v) is 7.48. The third-order valence-electron chi connectivity index (χ3n) is 4.53. The molecular weight excluding hydrogens is 292 g/mol. The van der Waals surface area contributed by atoms with E-state index in [-0.39, 0.29) is 11.6 Å². The highest BCUT2D eigenvalue weighted by atomic mass is 35.5. The van der Waals surface area contributed by atoms with Crippen LogP contribution in [0.25, 0.3) is 0 Å². The van der Waals surface area contributed by atoms with E-state index in [2.05, 4.69) is 4.98 Å². The van der Waals surface area contributed by atoms with Gasteiger partial charge >= 0.3 is 0 Å². The maximum absolute atomic E-state index is 6.44. The van der Waals surface area contributed by atoms with Crippen LogP contribution in [0.5, 0.6) is 0 Å². The van der Waals surface area contributed by atoms with Crippen molar-refractivity contribution in [2.45, 2.75) is 37.3 Å². The van der Waals surface area contributed by atoms with Gasteiger partial charge in [0.1, 0.15) is 0 Å². The highest BCUT2D eigenvalue weighted by Gasteiger charge is 2.40. The molecule has 2 saturated heterocycles. The number of nitrogens with zero attached hydrogens (tertiary/aromatic N) is 1. The van der Waals surface area contributed by atoms with Crippen molar-refractivity contribution in [2.75, 3.05) is 18.1 Å². The van der Waals surface area contributed by atoms with Gasteiger partial charge in [0.25, 0.3) is 0 Å². The zero-order valence-corrected chi connectivity index (χ0v) is 13.1. The molecule has 0 radical (unpaired) electrons. The third-order valence-corrected chi connectivity index (χ3v) is 5.74. The van der Waals surface area contributed by atoms with Gasteiger partial charge in [-0.15, -0.1) is 0 Å². The average molecular weight is 313 g/mol. The number of thioether (sulfide) groups is 1. The summed E-state index contributed by atoms with van der Waals surface area (Å²) in [5, 5.41) is 0.661. The van der Waals surface area contributed by atoms with Crippen LogP contribution in [0.15, 0.2) is 18.3 Å². The van der Waals surface area contributed by atoms with E-state index in [1.165, 1.54) is 11.5 Å². The Hall–Kier alpha value is -0.290. The summed E-state index contributed by atoms with van der Waals surface area (Å²) in [7, 11) is 0. The lowest BCUT2D eigenvalue weighted by molar-refractivity contribution is -0.106. The van der Waals surface area contributed by atoms with Gasteiger partial charge in [0.05, 0.1) is 22.4 Å². The molecule has 0 amide bonds. The summed E-state index contributed by atoms with van der Waals surface area (Å²) in [5.41, 5.74) is 7.47. The van der Waals surface area contributed by atoms with Crippen LogP contribution < -0.4 is 5.73 Å². The fourth-order valence-electron chi connectivity index (χ4n) is 3.29. The Morgan fingerprint density at radius 1 is 1.40 bits per heavy atom. The Morgan fingerprint density at radius 2 is 2.20 bits per heavy atom. The highest BCUT2D eigenvalue weighted by Crippen LogP contribution is 2.42. The van der Waals surface area contributed by atoms with Crippen molar-refractivity contribution in [2.24, 2.45) is 11.7 Å². The summed E-state index contributed by atoms with van der Waals surface area (Å²) in [4.78, 5) is 4.39. The predicted molar refractivity (Wildman–Crippen MR) is 84.1 cm³/mol. The lowest BCUT2D eigenvalue weighted by atomic mass is 9.78. The van der Waals surface area contributed by atoms with Gasteiger partial charge in [-0.3, -0.25) is 4.98 Å². The largest absolute Gasteiger partial charge is 0.375 e. The van der Waals surface area contributed by atoms with Gasteiger partial charge < -0.3 is 10.5 Å². The molecule has 1 spiro atoms. The molecule has 1 aromatic rings. The quantitative estimate of drug-likeness (QED) is 0.909. The van der Waals surface area contributed by atoms with Gasteiger partial charge in [0.15, 0.2) is 0 Å². The summed E-state index contributed by atoms with van der Waals surface area (Å²) in [6, 6.07) is 3.81. The van der Waals surface area contributed by atoms with Crippen LogP contribution in [0.2, 0.25) is 5.02 Å². The number of ether oxygens (including phenoxy) is 1. The molecule has 0 aromatic carbocycles. The molecule has 5 heteroatoms. The van der Waals surface area contributed by atoms with Crippen molar-refractivity contribution in [3.05, 3.63) is 29.0 Å². The summed E-state index contributed by atoms with van der Waals surface area (Å²) >= 11 is 7.92. The Morgan fingerprint density at radius 3 is 2.90 bits per heavy atom. The number of rotatable bonds is 2. The van der Waals surface area contributed by atoms with E-state index >= 15 is 0 Å². The Bertz CT molecular complexity index is 442. The molecule has 1 aromatic heterocycles. The maximum atomic E-state index is 6.44. The fourth-order valence-corrected chi connectivity index (χ4v) is 4.64. The molecule has 3 heterocycles. The molecule has 0 aliphatic carbocycles. The number of nitrogens with two attached hydrogens (primary N) is 1. The van der Waals surface area contributed by atoms with Gasteiger partial charge in [-0.1, -0.05) is 11.6 Å². The molecule has 3 rings (SSSR count). The molecule has 0 bridgehead atoms. The van der Waals surface area contributed by atoms with Crippen molar-refractivity contribution in [1.82, 2.24) is 4.98 Å². The first kappa shape index (κ1) is 14.6. The van der Waals surface area contributed by atoms with Gasteiger partial charge in [-0.25, -0.2) is 0 Å². The van der Waals surface area contributed by atoms with Crippen molar-refractivity contribution < 1.29 is 4.74 Å². The maximum Gasteiger partial charge on any atom is 0.0701 e. The molecule has 3 nitrogen and oxygen atoms in total. The molecule has 2 aliphatic rings. The third kappa shape index (κ3) is 3.14. The number of hydrogen-bond donors (Lipinski definition) is 1. The normalized spacial score (nSPS) is 27.4. The zero-order valence-electron chi connectivity index (χ0n) is 11.6. The van der Waals surface area contributed by atoms with E-state index in [9.17, 15) is 0 Å². The highest BCUT2D eigenvalue weighted by molar-refractivity contribution is 7.99. The minimum Gasteiger partial charge on any atom is -0.375 e. The molecular formula is C15H21ClN2OS. The molecule has 2 atom stereocenters. The Labute approximate surface area is 129 Å². The molecule has 2 fully saturated rings. The van der Waals surface area contributed by atoms with E-state index in [4.69, 9.17) is 22.1 Å². The first-order valence-electron chi connectivity index (χ1n) is 7.27. The summed E-state index contributed by atoms with van der Waals surface area (Å²) in [5.74, 6) is 2.88. The van der Waals surface area contributed by atoms with Gasteiger partial charge in [-0.2, -0.15) is 11.8 Å². The standard InChI is InChI=1S/C15H21ClN2OS/c16-12-1-2-13(18-10-12)14(17)11-3-6-19-15(9-11)4-7-20-8-5-15/h1-2,10-11,14H,3-9,17H2. The van der Waals surface area contributed by atoms with Crippen LogP contribution in [0, 0.1) is 5.92 Å².